The summed E-state index contributed by atoms with van der Waals surface area (Å²) in [6, 6.07) is 8.06. The van der Waals surface area contributed by atoms with Crippen LogP contribution in [-0.4, -0.2) is 29.9 Å². The summed E-state index contributed by atoms with van der Waals surface area (Å²) in [5.41, 5.74) is 3.78. The molecule has 0 radical (unpaired) electrons. The zero-order valence-corrected chi connectivity index (χ0v) is 30.0. The Morgan fingerprint density at radius 1 is 1.02 bits per heavy atom. The van der Waals surface area contributed by atoms with Crippen molar-refractivity contribution in [3.05, 3.63) is 71.4 Å². The largest absolute Gasteiger partial charge is 0.380 e. The normalized spacial score (nSPS) is 15.2. The summed E-state index contributed by atoms with van der Waals surface area (Å²) in [6.07, 6.45) is 8.33. The minimum absolute atomic E-state index is 0.0438. The van der Waals surface area contributed by atoms with Crippen LogP contribution >= 0.6 is 11.6 Å². The van der Waals surface area contributed by atoms with E-state index in [1.807, 2.05) is 24.1 Å². The minimum atomic E-state index is -0.297. The summed E-state index contributed by atoms with van der Waals surface area (Å²) < 4.78 is 0. The molecular weight excluding hydrogens is 524 g/mol. The van der Waals surface area contributed by atoms with Crippen LogP contribution in [0.2, 0.25) is 5.02 Å². The molecule has 1 aromatic rings. The molecule has 2 unspecified atom stereocenters. The number of carbonyl (C=O) groups is 1. The van der Waals surface area contributed by atoms with Crippen molar-refractivity contribution in [1.82, 2.24) is 10.2 Å². The minimum Gasteiger partial charge on any atom is -0.380 e. The molecule has 0 aromatic heterocycles. The SMILES string of the molecule is C=CNC(C(=O)N(C)[C@H](/C=C(\C)C(=C)CC)C(C)C)C(C)(C)C.CCC.CC[C@@H](C)C(C)(CC)c1ccc(Cl)cc1. The predicted molar refractivity (Wildman–Crippen MR) is 186 cm³/mol. The van der Waals surface area contributed by atoms with Crippen LogP contribution in [0.5, 0.6) is 0 Å². The molecule has 1 N–H and O–H groups in total. The molecule has 0 aliphatic carbocycles. The molecule has 0 spiro atoms. The number of nitrogens with one attached hydrogen (secondary N) is 1. The first kappa shape index (κ1) is 41.1. The summed E-state index contributed by atoms with van der Waals surface area (Å²) in [7, 11) is 1.88. The Labute approximate surface area is 260 Å². The summed E-state index contributed by atoms with van der Waals surface area (Å²) in [6.45, 7) is 35.9. The van der Waals surface area contributed by atoms with Crippen LogP contribution in [-0.2, 0) is 10.2 Å². The van der Waals surface area contributed by atoms with Crippen molar-refractivity contribution < 1.29 is 4.79 Å². The number of allylic oxidation sites excluding steroid dienone is 2. The number of benzene rings is 1. The number of amides is 1. The van der Waals surface area contributed by atoms with Crippen molar-refractivity contribution in [2.24, 2.45) is 17.3 Å². The summed E-state index contributed by atoms with van der Waals surface area (Å²) in [4.78, 5) is 14.9. The molecule has 236 valence electrons. The van der Waals surface area contributed by atoms with Gasteiger partial charge in [-0.2, -0.15) is 0 Å². The predicted octanol–water partition coefficient (Wildman–Crippen LogP) is 11.0. The first-order valence-corrected chi connectivity index (χ1v) is 16.1. The van der Waals surface area contributed by atoms with Gasteiger partial charge in [-0.05, 0) is 66.3 Å². The van der Waals surface area contributed by atoms with Crippen LogP contribution in [0.3, 0.4) is 0 Å². The van der Waals surface area contributed by atoms with Crippen LogP contribution in [0.1, 0.15) is 121 Å². The van der Waals surface area contributed by atoms with Crippen LogP contribution < -0.4 is 5.32 Å². The molecule has 1 rings (SSSR count). The Morgan fingerprint density at radius 2 is 1.51 bits per heavy atom. The van der Waals surface area contributed by atoms with Crippen LogP contribution in [0, 0.1) is 17.3 Å². The molecule has 0 aliphatic heterocycles. The Morgan fingerprint density at radius 3 is 1.85 bits per heavy atom. The lowest BCUT2D eigenvalue weighted by atomic mass is 9.70. The van der Waals surface area contributed by atoms with Gasteiger partial charge in [-0.15, -0.1) is 0 Å². The molecule has 0 aliphatic rings. The highest BCUT2D eigenvalue weighted by molar-refractivity contribution is 6.30. The fourth-order valence-corrected chi connectivity index (χ4v) is 4.81. The van der Waals surface area contributed by atoms with Crippen LogP contribution in [0.25, 0.3) is 0 Å². The number of nitrogens with zero attached hydrogens (tertiary/aromatic N) is 1. The molecule has 0 bridgehead atoms. The van der Waals surface area contributed by atoms with E-state index in [-0.39, 0.29) is 28.8 Å². The summed E-state index contributed by atoms with van der Waals surface area (Å²) >= 11 is 5.92. The lowest BCUT2D eigenvalue weighted by Crippen LogP contribution is -2.53. The lowest BCUT2D eigenvalue weighted by molar-refractivity contribution is -0.136. The van der Waals surface area contributed by atoms with E-state index in [2.05, 4.69) is 127 Å². The zero-order chi connectivity index (χ0) is 32.6. The average Bonchev–Trinajstić information content (AvgIpc) is 2.92. The molecule has 3 nitrogen and oxygen atoms in total. The van der Waals surface area contributed by atoms with Gasteiger partial charge in [0, 0.05) is 12.1 Å². The molecule has 1 aromatic carbocycles. The van der Waals surface area contributed by atoms with Crippen molar-refractivity contribution >= 4 is 17.5 Å². The Kier molecular flexibility index (Phi) is 20.1. The highest BCUT2D eigenvalue weighted by Gasteiger charge is 2.35. The van der Waals surface area contributed by atoms with E-state index in [0.717, 1.165) is 22.6 Å². The third kappa shape index (κ3) is 13.7. The Balaban J connectivity index is 0. The van der Waals surface area contributed by atoms with Gasteiger partial charge >= 0.3 is 0 Å². The number of likely N-dealkylation sites (N-methyl/N-ethyl adjacent to an activating group) is 1. The van der Waals surface area contributed by atoms with Crippen LogP contribution in [0.4, 0.5) is 0 Å². The highest BCUT2D eigenvalue weighted by atomic mass is 35.5. The second-order valence-electron chi connectivity index (χ2n) is 13.0. The van der Waals surface area contributed by atoms with Crippen LogP contribution in [0.15, 0.2) is 60.8 Å². The molecule has 41 heavy (non-hydrogen) atoms. The van der Waals surface area contributed by atoms with Gasteiger partial charge in [0.05, 0.1) is 6.04 Å². The fourth-order valence-electron chi connectivity index (χ4n) is 4.68. The standard InChI is InChI=1S/C20H36N2O.C14H21Cl.C3H8/c1-11-15(5)16(6)13-17(14(3)4)22(10)19(23)18(21-12-2)20(7,8)9;1-5-11(3)14(4,6-2)12-7-9-13(15)10-8-12;1-3-2/h12-14,17-18,21H,2,5,11H2,1,3-4,6-10H3;7-11H,5-6H2,1-4H3;3H2,1-2H3/b16-13+;;/t17-,18?;11-,14?;/m11./s1. The monoisotopic (exact) mass is 588 g/mol. The van der Waals surface area contributed by atoms with Gasteiger partial charge in [-0.25, -0.2) is 0 Å². The smallest absolute Gasteiger partial charge is 0.245 e. The molecule has 0 fully saturated rings. The first-order valence-electron chi connectivity index (χ1n) is 15.7. The van der Waals surface area contributed by atoms with Gasteiger partial charge < -0.3 is 10.2 Å². The molecule has 1 amide bonds. The third-order valence-electron chi connectivity index (χ3n) is 8.22. The van der Waals surface area contributed by atoms with Crippen molar-refractivity contribution in [3.63, 3.8) is 0 Å². The molecular formula is C37H65ClN2O. The third-order valence-corrected chi connectivity index (χ3v) is 8.47. The van der Waals surface area contributed by atoms with E-state index in [4.69, 9.17) is 11.6 Å². The maximum atomic E-state index is 13.0. The first-order chi connectivity index (χ1) is 18.9. The molecule has 4 heteroatoms. The maximum absolute atomic E-state index is 13.0. The van der Waals surface area contributed by atoms with E-state index in [1.54, 1.807) is 6.20 Å². The lowest BCUT2D eigenvalue weighted by Gasteiger charge is -2.37. The van der Waals surface area contributed by atoms with Gasteiger partial charge in [-0.1, -0.05) is 150 Å². The van der Waals surface area contributed by atoms with E-state index in [1.165, 1.54) is 24.8 Å². The molecule has 0 saturated carbocycles. The second kappa shape index (κ2) is 20.0. The van der Waals surface area contributed by atoms with Crippen molar-refractivity contribution in [3.8, 4) is 0 Å². The van der Waals surface area contributed by atoms with Crippen molar-refractivity contribution in [2.45, 2.75) is 133 Å². The van der Waals surface area contributed by atoms with Crippen molar-refractivity contribution in [1.29, 1.82) is 0 Å². The second-order valence-corrected chi connectivity index (χ2v) is 13.4. The quantitative estimate of drug-likeness (QED) is 0.246. The Hall–Kier alpha value is -2.00. The number of hydrogen-bond acceptors (Lipinski definition) is 2. The van der Waals surface area contributed by atoms with E-state index in [0.29, 0.717) is 11.8 Å². The van der Waals surface area contributed by atoms with Gasteiger partial charge in [0.2, 0.25) is 5.91 Å². The highest BCUT2D eigenvalue weighted by Crippen LogP contribution is 2.37. The average molecular weight is 589 g/mol. The van der Waals surface area contributed by atoms with Gasteiger partial charge in [-0.3, -0.25) is 4.79 Å². The number of hydrogen-bond donors (Lipinski definition) is 1. The van der Waals surface area contributed by atoms with Gasteiger partial charge in [0.1, 0.15) is 6.04 Å². The number of halogens is 1. The topological polar surface area (TPSA) is 32.3 Å². The van der Waals surface area contributed by atoms with Gasteiger partial charge in [0.25, 0.3) is 0 Å². The summed E-state index contributed by atoms with van der Waals surface area (Å²) in [5, 5.41) is 3.94. The van der Waals surface area contributed by atoms with Gasteiger partial charge in [0.15, 0.2) is 0 Å². The number of rotatable bonds is 12. The van der Waals surface area contributed by atoms with E-state index < -0.39 is 0 Å². The molecule has 4 atom stereocenters. The van der Waals surface area contributed by atoms with E-state index >= 15 is 0 Å². The number of carbonyl (C=O) groups excluding carboxylic acids is 1. The van der Waals surface area contributed by atoms with E-state index in [9.17, 15) is 4.79 Å². The summed E-state index contributed by atoms with van der Waals surface area (Å²) in [5.74, 6) is 1.11. The maximum Gasteiger partial charge on any atom is 0.245 e. The van der Waals surface area contributed by atoms with Crippen molar-refractivity contribution in [2.75, 3.05) is 7.05 Å². The zero-order valence-electron chi connectivity index (χ0n) is 29.2. The molecule has 0 saturated heterocycles. The molecule has 0 heterocycles. The fraction of sp³-hybridized carbons (Fsp3) is 0.649. The Bertz CT molecular complexity index is 925.